The van der Waals surface area contributed by atoms with Gasteiger partial charge in [0.15, 0.2) is 12.2 Å². The van der Waals surface area contributed by atoms with E-state index in [9.17, 15) is 24.0 Å². The van der Waals surface area contributed by atoms with E-state index in [0.717, 1.165) is 25.6 Å². The number of carbonyl (C=O) groups is 4. The summed E-state index contributed by atoms with van der Waals surface area (Å²) < 4.78 is 38.7. The van der Waals surface area contributed by atoms with E-state index in [1.54, 1.807) is 18.2 Å². The summed E-state index contributed by atoms with van der Waals surface area (Å²) >= 11 is 1.40. The molecule has 1 aliphatic heterocycles. The van der Waals surface area contributed by atoms with E-state index < -0.39 is 66.8 Å². The van der Waals surface area contributed by atoms with Gasteiger partial charge in [0, 0.05) is 44.0 Å². The fraction of sp³-hybridized carbons (Fsp3) is 0.370. The second-order valence-electron chi connectivity index (χ2n) is 8.81. The summed E-state index contributed by atoms with van der Waals surface area (Å²) in [7, 11) is 0. The first-order chi connectivity index (χ1) is 19.0. The average molecular weight is 575 g/mol. The summed E-state index contributed by atoms with van der Waals surface area (Å²) in [5.41, 5.74) is 0.0867. The number of carbonyl (C=O) groups excluding carboxylic acids is 4. The Balaban J connectivity index is 1.70. The maximum Gasteiger partial charge on any atom is 0.345 e. The van der Waals surface area contributed by atoms with Crippen molar-refractivity contribution in [3.63, 3.8) is 0 Å². The molecule has 13 heteroatoms. The Hall–Kier alpha value is -4.23. The third kappa shape index (κ3) is 6.85. The molecule has 40 heavy (non-hydrogen) atoms. The third-order valence-electron chi connectivity index (χ3n) is 5.69. The van der Waals surface area contributed by atoms with Gasteiger partial charge in [-0.25, -0.2) is 4.79 Å². The molecule has 4 rings (SSSR count). The minimum atomic E-state index is -1.42. The molecule has 1 aromatic carbocycles. The fourth-order valence-corrected chi connectivity index (χ4v) is 4.92. The van der Waals surface area contributed by atoms with Crippen LogP contribution < -0.4 is 10.4 Å². The quantitative estimate of drug-likeness (QED) is 0.221. The number of esters is 4. The zero-order valence-electron chi connectivity index (χ0n) is 21.9. The van der Waals surface area contributed by atoms with Crippen molar-refractivity contribution in [1.29, 1.82) is 0 Å². The van der Waals surface area contributed by atoms with Gasteiger partial charge in [-0.15, -0.1) is 11.3 Å². The Morgan fingerprint density at radius 3 is 2.15 bits per heavy atom. The third-order valence-corrected chi connectivity index (χ3v) is 6.60. The predicted molar refractivity (Wildman–Crippen MR) is 138 cm³/mol. The molecule has 3 heterocycles. The Bertz CT molecular complexity index is 1460. The van der Waals surface area contributed by atoms with Crippen molar-refractivity contribution in [2.45, 2.75) is 58.4 Å². The van der Waals surface area contributed by atoms with E-state index in [1.165, 1.54) is 24.3 Å². The molecule has 0 N–H and O–H groups in total. The number of ether oxygens (including phenoxy) is 6. The zero-order valence-corrected chi connectivity index (χ0v) is 22.8. The van der Waals surface area contributed by atoms with E-state index in [-0.39, 0.29) is 11.3 Å². The molecule has 0 amide bonds. The molecule has 0 unspecified atom stereocenters. The van der Waals surface area contributed by atoms with Crippen LogP contribution in [0, 0.1) is 0 Å². The summed E-state index contributed by atoms with van der Waals surface area (Å²) in [6, 6.07) is 10.0. The van der Waals surface area contributed by atoms with Crippen molar-refractivity contribution in [1.82, 2.24) is 0 Å². The molecular weight excluding hydrogens is 548 g/mol. The van der Waals surface area contributed by atoms with Crippen molar-refractivity contribution >= 4 is 46.2 Å². The highest BCUT2D eigenvalue weighted by molar-refractivity contribution is 7.13. The van der Waals surface area contributed by atoms with Gasteiger partial charge in [0.1, 0.15) is 24.0 Å². The molecule has 2 aromatic heterocycles. The second-order valence-corrected chi connectivity index (χ2v) is 9.76. The zero-order chi connectivity index (χ0) is 29.0. The van der Waals surface area contributed by atoms with E-state index in [1.807, 2.05) is 17.5 Å². The van der Waals surface area contributed by atoms with Gasteiger partial charge in [0.05, 0.1) is 5.56 Å². The molecule has 1 saturated heterocycles. The smallest absolute Gasteiger partial charge is 0.345 e. The normalized spacial score (nSPS) is 22.2. The van der Waals surface area contributed by atoms with Crippen LogP contribution >= 0.6 is 11.3 Å². The Morgan fingerprint density at radius 1 is 0.850 bits per heavy atom. The summed E-state index contributed by atoms with van der Waals surface area (Å²) in [5, 5.41) is 2.47. The molecule has 3 aromatic rings. The highest BCUT2D eigenvalue weighted by Gasteiger charge is 2.53. The molecule has 212 valence electrons. The lowest BCUT2D eigenvalue weighted by atomic mass is 9.98. The van der Waals surface area contributed by atoms with Crippen molar-refractivity contribution in [2.24, 2.45) is 0 Å². The van der Waals surface area contributed by atoms with Crippen molar-refractivity contribution in [3.05, 3.63) is 52.2 Å². The Labute approximate surface area is 231 Å². The number of hydrogen-bond acceptors (Lipinski definition) is 13. The molecule has 5 atom stereocenters. The molecule has 0 bridgehead atoms. The fourth-order valence-electron chi connectivity index (χ4n) is 4.19. The van der Waals surface area contributed by atoms with E-state index >= 15 is 0 Å². The van der Waals surface area contributed by atoms with Gasteiger partial charge >= 0.3 is 29.5 Å². The van der Waals surface area contributed by atoms with Crippen molar-refractivity contribution < 1.29 is 52.0 Å². The number of rotatable bonds is 8. The first kappa shape index (κ1) is 28.8. The summed E-state index contributed by atoms with van der Waals surface area (Å²) in [4.78, 5) is 60.8. The van der Waals surface area contributed by atoms with Crippen molar-refractivity contribution in [3.8, 4) is 16.2 Å². The van der Waals surface area contributed by atoms with Crippen LogP contribution in [-0.2, 0) is 42.9 Å². The molecular formula is C27H26O12S. The SMILES string of the molecule is CC(=O)OC[C@H]1O[C@@H](Oc2ccc3cc(-c4cccs4)c(=O)oc3c2)[C@H](OC(C)=O)[C@@H](OC(C)=O)[C@@H]1OC(C)=O. The van der Waals surface area contributed by atoms with Crippen LogP contribution in [0.15, 0.2) is 51.0 Å². The monoisotopic (exact) mass is 574 g/mol. The molecule has 0 spiro atoms. The molecule has 1 aliphatic rings. The predicted octanol–water partition coefficient (Wildman–Crippen LogP) is 2.98. The van der Waals surface area contributed by atoms with Gasteiger partial charge < -0.3 is 32.8 Å². The molecule has 12 nitrogen and oxygen atoms in total. The van der Waals surface area contributed by atoms with E-state index in [0.29, 0.717) is 10.9 Å². The minimum absolute atomic E-state index is 0.153. The summed E-state index contributed by atoms with van der Waals surface area (Å²) in [6.45, 7) is 4.16. The van der Waals surface area contributed by atoms with Crippen LogP contribution in [0.5, 0.6) is 5.75 Å². The van der Waals surface area contributed by atoms with Gasteiger partial charge in [-0.3, -0.25) is 19.2 Å². The maximum absolute atomic E-state index is 12.6. The van der Waals surface area contributed by atoms with Gasteiger partial charge in [0.2, 0.25) is 12.4 Å². The van der Waals surface area contributed by atoms with Crippen LogP contribution in [-0.4, -0.2) is 61.2 Å². The highest BCUT2D eigenvalue weighted by atomic mass is 32.1. The molecule has 0 saturated carbocycles. The average Bonchev–Trinajstić information content (AvgIpc) is 3.40. The van der Waals surface area contributed by atoms with Crippen LogP contribution in [0.2, 0.25) is 0 Å². The largest absolute Gasteiger partial charge is 0.463 e. The maximum atomic E-state index is 12.6. The van der Waals surface area contributed by atoms with E-state index in [2.05, 4.69) is 0 Å². The topological polar surface area (TPSA) is 154 Å². The van der Waals surface area contributed by atoms with Gasteiger partial charge in [0.25, 0.3) is 0 Å². The number of thiophene rings is 1. The lowest BCUT2D eigenvalue weighted by Gasteiger charge is -2.43. The molecule has 0 aliphatic carbocycles. The Kier molecular flexibility index (Phi) is 8.85. The molecule has 0 radical (unpaired) electrons. The standard InChI is InChI=1S/C27H26O12S/c1-13(28)33-12-21-23(34-14(2)29)24(35-15(3)30)25(36-16(4)31)27(39-21)37-18-8-7-17-10-19(22-6-5-9-40-22)26(32)38-20(17)11-18/h5-11,21,23-25,27H,12H2,1-4H3/t21-,23-,24+,25-,27-/m1/s1. The van der Waals surface area contributed by atoms with Crippen LogP contribution in [0.3, 0.4) is 0 Å². The first-order valence-corrected chi connectivity index (χ1v) is 13.0. The summed E-state index contributed by atoms with van der Waals surface area (Å²) in [6.07, 6.45) is -6.68. The summed E-state index contributed by atoms with van der Waals surface area (Å²) in [5.74, 6) is -2.75. The minimum Gasteiger partial charge on any atom is -0.463 e. The lowest BCUT2D eigenvalue weighted by molar-refractivity contribution is -0.288. The number of benzene rings is 1. The van der Waals surface area contributed by atoms with Gasteiger partial charge in [-0.1, -0.05) is 6.07 Å². The number of hydrogen-bond donors (Lipinski definition) is 0. The van der Waals surface area contributed by atoms with Gasteiger partial charge in [-0.05, 0) is 29.6 Å². The van der Waals surface area contributed by atoms with Crippen LogP contribution in [0.4, 0.5) is 0 Å². The second kappa shape index (κ2) is 12.3. The van der Waals surface area contributed by atoms with Gasteiger partial charge in [-0.2, -0.15) is 0 Å². The van der Waals surface area contributed by atoms with Crippen molar-refractivity contribution in [2.75, 3.05) is 6.61 Å². The van der Waals surface area contributed by atoms with Crippen LogP contribution in [0.1, 0.15) is 27.7 Å². The van der Waals surface area contributed by atoms with Crippen LogP contribution in [0.25, 0.3) is 21.4 Å². The lowest BCUT2D eigenvalue weighted by Crippen LogP contribution is -2.63. The number of fused-ring (bicyclic) bond motifs is 1. The van der Waals surface area contributed by atoms with E-state index in [4.69, 9.17) is 32.8 Å². The highest BCUT2D eigenvalue weighted by Crippen LogP contribution is 2.32. The molecule has 1 fully saturated rings. The Morgan fingerprint density at radius 2 is 1.52 bits per heavy atom. The first-order valence-electron chi connectivity index (χ1n) is 12.1.